The van der Waals surface area contributed by atoms with Crippen LogP contribution in [0.5, 0.6) is 0 Å². The van der Waals surface area contributed by atoms with E-state index in [9.17, 15) is 13.2 Å². The van der Waals surface area contributed by atoms with Crippen molar-refractivity contribution < 1.29 is 13.2 Å². The van der Waals surface area contributed by atoms with Crippen LogP contribution in [-0.2, 0) is 27.7 Å². The van der Waals surface area contributed by atoms with E-state index in [2.05, 4.69) is 0 Å². The zero-order valence-electron chi connectivity index (χ0n) is 11.3. The Morgan fingerprint density at radius 2 is 1.84 bits per heavy atom. The van der Waals surface area contributed by atoms with Gasteiger partial charge in [0.1, 0.15) is 5.75 Å². The summed E-state index contributed by atoms with van der Waals surface area (Å²) in [6.45, 7) is 3.07. The lowest BCUT2D eigenvalue weighted by molar-refractivity contribution is -0.128. The fourth-order valence-electron chi connectivity index (χ4n) is 1.81. The summed E-state index contributed by atoms with van der Waals surface area (Å²) in [7, 11) is -3.30. The number of carbonyl (C=O) groups is 1. The van der Waals surface area contributed by atoms with E-state index in [0.29, 0.717) is 19.6 Å². The molecule has 19 heavy (non-hydrogen) atoms. The lowest BCUT2D eigenvalue weighted by Gasteiger charge is -2.22. The van der Waals surface area contributed by atoms with Crippen molar-refractivity contribution in [3.05, 3.63) is 35.4 Å². The number of nitrogens with two attached hydrogens (primary N) is 1. The molecular weight excluding hydrogens is 264 g/mol. The molecule has 106 valence electrons. The predicted molar refractivity (Wildman–Crippen MR) is 75.1 cm³/mol. The second-order valence-corrected chi connectivity index (χ2v) is 6.59. The molecule has 1 amide bonds. The molecule has 5 nitrogen and oxygen atoms in total. The SMILES string of the molecule is CCN(Cc1ccccc1CN)C(=O)CS(C)(=O)=O. The zero-order valence-corrected chi connectivity index (χ0v) is 12.1. The normalized spacial score (nSPS) is 11.3. The molecule has 0 bridgehead atoms. The highest BCUT2D eigenvalue weighted by molar-refractivity contribution is 7.91. The summed E-state index contributed by atoms with van der Waals surface area (Å²) in [5.41, 5.74) is 7.56. The number of rotatable bonds is 6. The third kappa shape index (κ3) is 5.00. The van der Waals surface area contributed by atoms with Crippen molar-refractivity contribution in [3.63, 3.8) is 0 Å². The summed E-state index contributed by atoms with van der Waals surface area (Å²) in [6, 6.07) is 7.58. The molecule has 0 aliphatic rings. The lowest BCUT2D eigenvalue weighted by atomic mass is 10.1. The van der Waals surface area contributed by atoms with E-state index < -0.39 is 15.6 Å². The van der Waals surface area contributed by atoms with Crippen LogP contribution in [0.4, 0.5) is 0 Å². The van der Waals surface area contributed by atoms with Gasteiger partial charge in [-0.05, 0) is 18.1 Å². The Bertz CT molecular complexity index is 541. The number of hydrogen-bond donors (Lipinski definition) is 1. The average Bonchev–Trinajstić information content (AvgIpc) is 2.34. The van der Waals surface area contributed by atoms with Gasteiger partial charge in [-0.2, -0.15) is 0 Å². The monoisotopic (exact) mass is 284 g/mol. The summed E-state index contributed by atoms with van der Waals surface area (Å²) in [6.07, 6.45) is 1.06. The molecule has 0 aliphatic carbocycles. The summed E-state index contributed by atoms with van der Waals surface area (Å²) in [5, 5.41) is 0. The third-order valence-corrected chi connectivity index (χ3v) is 3.59. The van der Waals surface area contributed by atoms with Gasteiger partial charge in [0.25, 0.3) is 0 Å². The maximum Gasteiger partial charge on any atom is 0.238 e. The Morgan fingerprint density at radius 1 is 1.26 bits per heavy atom. The van der Waals surface area contributed by atoms with Gasteiger partial charge in [0, 0.05) is 25.9 Å². The van der Waals surface area contributed by atoms with E-state index in [1.54, 1.807) is 0 Å². The lowest BCUT2D eigenvalue weighted by Crippen LogP contribution is -2.35. The predicted octanol–water partition coefficient (Wildman–Crippen LogP) is 0.538. The quantitative estimate of drug-likeness (QED) is 0.826. The van der Waals surface area contributed by atoms with Gasteiger partial charge >= 0.3 is 0 Å². The molecule has 0 aromatic heterocycles. The zero-order chi connectivity index (χ0) is 14.5. The first kappa shape index (κ1) is 15.7. The number of hydrogen-bond acceptors (Lipinski definition) is 4. The van der Waals surface area contributed by atoms with Crippen LogP contribution in [0.15, 0.2) is 24.3 Å². The highest BCUT2D eigenvalue weighted by atomic mass is 32.2. The molecular formula is C13H20N2O3S. The Labute approximate surface area is 114 Å². The second kappa shape index (κ2) is 6.68. The van der Waals surface area contributed by atoms with E-state index in [0.717, 1.165) is 17.4 Å². The molecule has 0 heterocycles. The van der Waals surface area contributed by atoms with E-state index in [-0.39, 0.29) is 5.91 Å². The summed E-state index contributed by atoms with van der Waals surface area (Å²) in [4.78, 5) is 13.4. The minimum absolute atomic E-state index is 0.378. The van der Waals surface area contributed by atoms with Crippen LogP contribution in [0.2, 0.25) is 0 Å². The van der Waals surface area contributed by atoms with E-state index >= 15 is 0 Å². The molecule has 0 spiro atoms. The third-order valence-electron chi connectivity index (χ3n) is 2.82. The number of sulfone groups is 1. The van der Waals surface area contributed by atoms with E-state index in [1.165, 1.54) is 4.90 Å². The molecule has 2 N–H and O–H groups in total. The molecule has 0 saturated carbocycles. The first-order valence-electron chi connectivity index (χ1n) is 6.09. The molecule has 1 aromatic carbocycles. The first-order valence-corrected chi connectivity index (χ1v) is 8.15. The van der Waals surface area contributed by atoms with Crippen molar-refractivity contribution in [2.75, 3.05) is 18.6 Å². The van der Waals surface area contributed by atoms with Crippen molar-refractivity contribution in [1.82, 2.24) is 4.90 Å². The van der Waals surface area contributed by atoms with Crippen molar-refractivity contribution in [2.45, 2.75) is 20.0 Å². The Hall–Kier alpha value is -1.40. The summed E-state index contributed by atoms with van der Waals surface area (Å²) >= 11 is 0. The van der Waals surface area contributed by atoms with Gasteiger partial charge in [-0.25, -0.2) is 8.42 Å². The van der Waals surface area contributed by atoms with Crippen molar-refractivity contribution in [1.29, 1.82) is 0 Å². The minimum Gasteiger partial charge on any atom is -0.338 e. The smallest absolute Gasteiger partial charge is 0.238 e. The maximum atomic E-state index is 11.9. The van der Waals surface area contributed by atoms with Crippen molar-refractivity contribution >= 4 is 15.7 Å². The molecule has 0 unspecified atom stereocenters. The first-order chi connectivity index (χ1) is 8.87. The van der Waals surface area contributed by atoms with Gasteiger partial charge in [-0.15, -0.1) is 0 Å². The van der Waals surface area contributed by atoms with Crippen molar-refractivity contribution in [3.8, 4) is 0 Å². The Kier molecular flexibility index (Phi) is 5.50. The molecule has 0 aliphatic heterocycles. The number of carbonyl (C=O) groups excluding carboxylic acids is 1. The van der Waals surface area contributed by atoms with Crippen LogP contribution in [0.3, 0.4) is 0 Å². The Balaban J connectivity index is 2.85. The molecule has 0 saturated heterocycles. The highest BCUT2D eigenvalue weighted by Gasteiger charge is 2.18. The second-order valence-electron chi connectivity index (χ2n) is 4.45. The minimum atomic E-state index is -3.30. The standard InChI is InChI=1S/C13H20N2O3S/c1-3-15(13(16)10-19(2,17)18)9-12-7-5-4-6-11(12)8-14/h4-7H,3,8-10,14H2,1-2H3. The van der Waals surface area contributed by atoms with Crippen LogP contribution in [-0.4, -0.2) is 37.8 Å². The molecule has 0 atom stereocenters. The average molecular weight is 284 g/mol. The van der Waals surface area contributed by atoms with Crippen LogP contribution < -0.4 is 5.73 Å². The van der Waals surface area contributed by atoms with Gasteiger partial charge in [0.05, 0.1) is 0 Å². The van der Waals surface area contributed by atoms with Gasteiger partial charge < -0.3 is 10.6 Å². The fourth-order valence-corrected chi connectivity index (χ4v) is 2.44. The van der Waals surface area contributed by atoms with Crippen molar-refractivity contribution in [2.24, 2.45) is 5.73 Å². The molecule has 6 heteroatoms. The molecule has 1 rings (SSSR count). The molecule has 0 fully saturated rings. The van der Waals surface area contributed by atoms with Gasteiger partial charge in [0.2, 0.25) is 5.91 Å². The van der Waals surface area contributed by atoms with Gasteiger partial charge in [-0.3, -0.25) is 4.79 Å². The highest BCUT2D eigenvalue weighted by Crippen LogP contribution is 2.11. The topological polar surface area (TPSA) is 80.5 Å². The molecule has 1 aromatic rings. The Morgan fingerprint density at radius 3 is 2.32 bits per heavy atom. The fraction of sp³-hybridized carbons (Fsp3) is 0.462. The van der Waals surface area contributed by atoms with Crippen LogP contribution in [0.1, 0.15) is 18.1 Å². The van der Waals surface area contributed by atoms with Crippen LogP contribution in [0.25, 0.3) is 0 Å². The van der Waals surface area contributed by atoms with Gasteiger partial charge in [0.15, 0.2) is 9.84 Å². The largest absolute Gasteiger partial charge is 0.338 e. The maximum absolute atomic E-state index is 11.9. The van der Waals surface area contributed by atoms with E-state index in [1.807, 2.05) is 31.2 Å². The summed E-state index contributed by atoms with van der Waals surface area (Å²) < 4.78 is 22.3. The van der Waals surface area contributed by atoms with Gasteiger partial charge in [-0.1, -0.05) is 24.3 Å². The van der Waals surface area contributed by atoms with E-state index in [4.69, 9.17) is 5.73 Å². The summed E-state index contributed by atoms with van der Waals surface area (Å²) in [5.74, 6) is -0.831. The van der Waals surface area contributed by atoms with Crippen LogP contribution in [0, 0.1) is 0 Å². The number of nitrogens with zero attached hydrogens (tertiary/aromatic N) is 1. The number of amides is 1. The van der Waals surface area contributed by atoms with Crippen LogP contribution >= 0.6 is 0 Å². The number of benzene rings is 1. The molecule has 0 radical (unpaired) electrons.